The van der Waals surface area contributed by atoms with E-state index in [4.69, 9.17) is 15.7 Å². The quantitative estimate of drug-likeness (QED) is 0.637. The fourth-order valence-electron chi connectivity index (χ4n) is 1.75. The van der Waals surface area contributed by atoms with Crippen LogP contribution in [0.1, 0.15) is 33.6 Å². The highest BCUT2D eigenvalue weighted by molar-refractivity contribution is 7.57. The molecule has 0 bridgehead atoms. The van der Waals surface area contributed by atoms with Gasteiger partial charge in [0, 0.05) is 6.54 Å². The number of carbonyl (C=O) groups is 2. The number of alkyl carbamates (subject to hydrolysis) is 1. The zero-order chi connectivity index (χ0) is 14.8. The summed E-state index contributed by atoms with van der Waals surface area (Å²) in [5.41, 5.74) is 9.93. The number of hydrogen-bond donors (Lipinski definition) is 3. The molecule has 0 aliphatic carbocycles. The highest BCUT2D eigenvalue weighted by atomic mass is 31.2. The molecule has 1 unspecified atom stereocenters. The van der Waals surface area contributed by atoms with Gasteiger partial charge in [-0.25, -0.2) is 4.79 Å². The Bertz CT molecular complexity index is 414. The second-order valence-electron chi connectivity index (χ2n) is 5.47. The van der Waals surface area contributed by atoms with E-state index in [1.807, 2.05) is 0 Å². The first-order valence-electron chi connectivity index (χ1n) is 5.99. The van der Waals surface area contributed by atoms with Crippen LogP contribution in [-0.4, -0.2) is 34.9 Å². The van der Waals surface area contributed by atoms with E-state index < -0.39 is 31.2 Å². The molecule has 0 aromatic carbocycles. The molecule has 1 atom stereocenters. The van der Waals surface area contributed by atoms with E-state index in [1.165, 1.54) is 0 Å². The lowest BCUT2D eigenvalue weighted by Gasteiger charge is -2.34. The maximum Gasteiger partial charge on any atom is 0.408 e. The van der Waals surface area contributed by atoms with Gasteiger partial charge in [-0.05, 0) is 33.6 Å². The predicted molar refractivity (Wildman–Crippen MR) is 70.1 cm³/mol. The maximum absolute atomic E-state index is 12.0. The second kappa shape index (κ2) is 5.48. The van der Waals surface area contributed by atoms with Crippen molar-refractivity contribution in [3.8, 4) is 0 Å². The van der Waals surface area contributed by atoms with Gasteiger partial charge >= 0.3 is 13.7 Å². The molecular formula is C10H21N4O4P. The van der Waals surface area contributed by atoms with Crippen LogP contribution in [0.25, 0.3) is 0 Å². The van der Waals surface area contributed by atoms with Crippen LogP contribution in [0, 0.1) is 0 Å². The number of rotatable bonds is 2. The molecule has 8 nitrogen and oxygen atoms in total. The molecule has 2 amide bonds. The van der Waals surface area contributed by atoms with E-state index in [2.05, 4.69) is 5.32 Å². The average molecular weight is 292 g/mol. The number of amides is 2. The Morgan fingerprint density at radius 3 is 2.53 bits per heavy atom. The van der Waals surface area contributed by atoms with Crippen molar-refractivity contribution < 1.29 is 18.9 Å². The third-order valence-corrected chi connectivity index (χ3v) is 3.64. The van der Waals surface area contributed by atoms with Crippen LogP contribution in [0.4, 0.5) is 4.79 Å². The molecule has 1 saturated heterocycles. The first-order valence-corrected chi connectivity index (χ1v) is 7.79. The van der Waals surface area contributed by atoms with E-state index in [0.29, 0.717) is 12.8 Å². The number of ether oxygens (including phenoxy) is 1. The van der Waals surface area contributed by atoms with Crippen molar-refractivity contribution in [3.05, 3.63) is 0 Å². The van der Waals surface area contributed by atoms with Crippen molar-refractivity contribution in [2.24, 2.45) is 11.0 Å². The Morgan fingerprint density at radius 1 is 1.47 bits per heavy atom. The van der Waals surface area contributed by atoms with Gasteiger partial charge in [0.2, 0.25) is 0 Å². The summed E-state index contributed by atoms with van der Waals surface area (Å²) in [5.74, 6) is -0.537. The van der Waals surface area contributed by atoms with Gasteiger partial charge in [0.25, 0.3) is 5.91 Å². The van der Waals surface area contributed by atoms with E-state index in [1.54, 1.807) is 20.8 Å². The van der Waals surface area contributed by atoms with Crippen molar-refractivity contribution in [2.75, 3.05) is 6.54 Å². The van der Waals surface area contributed by atoms with Gasteiger partial charge in [-0.15, -0.1) is 0 Å². The largest absolute Gasteiger partial charge is 0.444 e. The fraction of sp³-hybridized carbons (Fsp3) is 0.800. The molecule has 19 heavy (non-hydrogen) atoms. The molecule has 1 fully saturated rings. The number of nitrogens with two attached hydrogens (primary N) is 2. The monoisotopic (exact) mass is 292 g/mol. The van der Waals surface area contributed by atoms with Gasteiger partial charge in [-0.1, -0.05) is 0 Å². The maximum atomic E-state index is 12.0. The van der Waals surface area contributed by atoms with Crippen molar-refractivity contribution >= 4 is 19.6 Å². The summed E-state index contributed by atoms with van der Waals surface area (Å²) < 4.78 is 17.5. The Kier molecular flexibility index (Phi) is 4.60. The van der Waals surface area contributed by atoms with Crippen LogP contribution < -0.4 is 16.3 Å². The third kappa shape index (κ3) is 4.81. The van der Waals surface area contributed by atoms with Gasteiger partial charge in [0.15, 0.2) is 0 Å². The van der Waals surface area contributed by atoms with E-state index in [-0.39, 0.29) is 6.54 Å². The van der Waals surface area contributed by atoms with Gasteiger partial charge in [-0.2, -0.15) is 0 Å². The van der Waals surface area contributed by atoms with Crippen molar-refractivity contribution in [2.45, 2.75) is 45.3 Å². The van der Waals surface area contributed by atoms with Crippen LogP contribution in [0.15, 0.2) is 0 Å². The number of carbonyl (C=O) groups excluding carboxylic acids is 2. The molecule has 0 spiro atoms. The number of piperidine rings is 1. The number of hydrogen-bond acceptors (Lipinski definition) is 4. The molecule has 0 aromatic rings. The van der Waals surface area contributed by atoms with Gasteiger partial charge < -0.3 is 10.1 Å². The minimum Gasteiger partial charge on any atom is -0.444 e. The Morgan fingerprint density at radius 2 is 2.05 bits per heavy atom. The summed E-state index contributed by atoms with van der Waals surface area (Å²) in [7, 11) is -3.63. The average Bonchev–Trinajstić information content (AvgIpc) is 2.16. The zero-order valence-corrected chi connectivity index (χ0v) is 12.3. The molecular weight excluding hydrogens is 271 g/mol. The minimum absolute atomic E-state index is 0.232. The Hall–Kier alpha value is -1.11. The first kappa shape index (κ1) is 15.9. The summed E-state index contributed by atoms with van der Waals surface area (Å²) >= 11 is 0. The van der Waals surface area contributed by atoms with Crippen molar-refractivity contribution in [3.63, 3.8) is 0 Å². The molecule has 9 heteroatoms. The van der Waals surface area contributed by atoms with Gasteiger partial charge in [0.05, 0.1) is 0 Å². The molecule has 1 aliphatic rings. The van der Waals surface area contributed by atoms with Crippen LogP contribution in [0.5, 0.6) is 0 Å². The molecule has 0 radical (unpaired) electrons. The Labute approximate surface area is 112 Å². The first-order chi connectivity index (χ1) is 8.50. The smallest absolute Gasteiger partial charge is 0.408 e. The van der Waals surface area contributed by atoms with Gasteiger partial charge in [0.1, 0.15) is 11.6 Å². The summed E-state index contributed by atoms with van der Waals surface area (Å²) in [4.78, 5) is 23.6. The fourth-order valence-corrected chi connectivity index (χ4v) is 2.65. The molecule has 0 aromatic heterocycles. The summed E-state index contributed by atoms with van der Waals surface area (Å²) in [5, 5.41) is 2.44. The standard InChI is InChI=1S/C10H21N4O4P/c1-10(2,3)18-9(16)13-7-5-4-6-14(8(7)15)19(11,12)17/h7H,4-6H2,1-3H3,(H,13,16)(H4,11,12,17). The molecule has 1 rings (SSSR count). The topological polar surface area (TPSA) is 128 Å². The van der Waals surface area contributed by atoms with Crippen LogP contribution in [0.3, 0.4) is 0 Å². The van der Waals surface area contributed by atoms with Crippen LogP contribution in [0.2, 0.25) is 0 Å². The second-order valence-corrected chi connectivity index (χ2v) is 7.30. The lowest BCUT2D eigenvalue weighted by Crippen LogP contribution is -2.53. The third-order valence-electron chi connectivity index (χ3n) is 2.48. The van der Waals surface area contributed by atoms with E-state index >= 15 is 0 Å². The van der Waals surface area contributed by atoms with Crippen LogP contribution >= 0.6 is 7.59 Å². The summed E-state index contributed by atoms with van der Waals surface area (Å²) in [6.45, 7) is 5.39. The summed E-state index contributed by atoms with van der Waals surface area (Å²) in [6, 6.07) is -0.802. The Balaban J connectivity index is 2.67. The normalized spacial score (nSPS) is 21.2. The number of nitrogens with one attached hydrogen (secondary N) is 1. The molecule has 1 aliphatic heterocycles. The van der Waals surface area contributed by atoms with E-state index in [9.17, 15) is 14.2 Å². The van der Waals surface area contributed by atoms with Gasteiger partial charge in [-0.3, -0.25) is 25.0 Å². The lowest BCUT2D eigenvalue weighted by molar-refractivity contribution is -0.130. The molecule has 0 saturated carbocycles. The highest BCUT2D eigenvalue weighted by Gasteiger charge is 2.37. The minimum atomic E-state index is -3.63. The van der Waals surface area contributed by atoms with Crippen LogP contribution in [-0.2, 0) is 14.1 Å². The van der Waals surface area contributed by atoms with Crippen molar-refractivity contribution in [1.29, 1.82) is 0 Å². The molecule has 5 N–H and O–H groups in total. The predicted octanol–water partition coefficient (Wildman–Crippen LogP) is 0.528. The number of nitrogens with zero attached hydrogens (tertiary/aromatic N) is 1. The molecule has 1 heterocycles. The highest BCUT2D eigenvalue weighted by Crippen LogP contribution is 2.35. The van der Waals surface area contributed by atoms with E-state index in [0.717, 1.165) is 4.67 Å². The van der Waals surface area contributed by atoms with Crippen molar-refractivity contribution in [1.82, 2.24) is 9.99 Å². The summed E-state index contributed by atoms with van der Waals surface area (Å²) in [6.07, 6.45) is 0.302. The molecule has 110 valence electrons. The zero-order valence-electron chi connectivity index (χ0n) is 11.4. The SMILES string of the molecule is CC(C)(C)OC(=O)NC1CCCN(P(N)(N)=O)C1=O. The lowest BCUT2D eigenvalue weighted by atomic mass is 10.1.